The number of hydrogen-bond donors (Lipinski definition) is 0. The monoisotopic (exact) mass is 461 g/mol. The number of nitrogens with zero attached hydrogens (tertiary/aromatic N) is 3. The van der Waals surface area contributed by atoms with Crippen LogP contribution >= 0.6 is 0 Å². The molecule has 1 aliphatic rings. The highest BCUT2D eigenvalue weighted by Gasteiger charge is 2.52. The fourth-order valence-corrected chi connectivity index (χ4v) is 4.47. The fourth-order valence-electron chi connectivity index (χ4n) is 4.47. The number of ether oxygens (including phenoxy) is 3. The molecule has 8 heteroatoms. The Hall–Kier alpha value is -3.94. The second-order valence-corrected chi connectivity index (χ2v) is 8.37. The second-order valence-electron chi connectivity index (χ2n) is 8.37. The third-order valence-corrected chi connectivity index (χ3v) is 6.72. The number of fused-ring (bicyclic) bond motifs is 1. The summed E-state index contributed by atoms with van der Waals surface area (Å²) in [7, 11) is 4.53. The summed E-state index contributed by atoms with van der Waals surface area (Å²) >= 11 is 0. The summed E-state index contributed by atoms with van der Waals surface area (Å²) in [5.41, 5.74) is 2.07. The first-order valence-corrected chi connectivity index (χ1v) is 10.9. The quantitative estimate of drug-likeness (QED) is 0.493. The van der Waals surface area contributed by atoms with E-state index in [4.69, 9.17) is 14.2 Å². The molecule has 0 spiro atoms. The van der Waals surface area contributed by atoms with E-state index in [9.17, 15) is 9.59 Å². The Morgan fingerprint density at radius 3 is 2.47 bits per heavy atom. The van der Waals surface area contributed by atoms with Crippen molar-refractivity contribution in [2.45, 2.75) is 31.7 Å². The van der Waals surface area contributed by atoms with Crippen LogP contribution in [0.4, 0.5) is 5.82 Å². The lowest BCUT2D eigenvalue weighted by Crippen LogP contribution is -2.41. The number of carbonyl (C=O) groups excluding carboxylic acids is 2. The van der Waals surface area contributed by atoms with Gasteiger partial charge in [-0.05, 0) is 42.7 Å². The number of benzene rings is 2. The summed E-state index contributed by atoms with van der Waals surface area (Å²) < 4.78 is 15.6. The Morgan fingerprint density at radius 1 is 1.09 bits per heavy atom. The van der Waals surface area contributed by atoms with E-state index < -0.39 is 11.4 Å². The Kier molecular flexibility index (Phi) is 6.24. The maximum atomic E-state index is 14.0. The number of esters is 1. The van der Waals surface area contributed by atoms with Crippen LogP contribution in [0.25, 0.3) is 0 Å². The van der Waals surface area contributed by atoms with E-state index >= 15 is 0 Å². The highest BCUT2D eigenvalue weighted by molar-refractivity contribution is 6.07. The highest BCUT2D eigenvalue weighted by atomic mass is 16.5. The van der Waals surface area contributed by atoms with Crippen LogP contribution < -0.4 is 14.4 Å². The number of hydrogen-bond acceptors (Lipinski definition) is 7. The van der Waals surface area contributed by atoms with Crippen LogP contribution in [0, 0.1) is 0 Å². The average Bonchev–Trinajstić information content (AvgIpc) is 3.10. The van der Waals surface area contributed by atoms with Crippen LogP contribution in [-0.2, 0) is 21.5 Å². The van der Waals surface area contributed by atoms with Gasteiger partial charge in [0.2, 0.25) is 5.91 Å². The molecule has 34 heavy (non-hydrogen) atoms. The lowest BCUT2D eigenvalue weighted by molar-refractivity contribution is -0.123. The molecule has 4 rings (SSSR count). The summed E-state index contributed by atoms with van der Waals surface area (Å²) in [5.74, 6) is 1.19. The van der Waals surface area contributed by atoms with Crippen molar-refractivity contribution < 1.29 is 23.8 Å². The van der Waals surface area contributed by atoms with Gasteiger partial charge in [-0.3, -0.25) is 9.69 Å². The van der Waals surface area contributed by atoms with E-state index in [1.807, 2.05) is 38.1 Å². The summed E-state index contributed by atoms with van der Waals surface area (Å²) in [5, 5.41) is 0. The van der Waals surface area contributed by atoms with E-state index in [2.05, 4.69) is 9.97 Å². The Labute approximate surface area is 198 Å². The molecule has 0 aliphatic carbocycles. The third-order valence-electron chi connectivity index (χ3n) is 6.72. The van der Waals surface area contributed by atoms with Gasteiger partial charge in [-0.15, -0.1) is 0 Å². The molecule has 0 bridgehead atoms. The molecule has 2 aromatic carbocycles. The first-order chi connectivity index (χ1) is 16.3. The van der Waals surface area contributed by atoms with Crippen LogP contribution in [0.1, 0.15) is 46.8 Å². The standard InChI is InChI=1S/C26H27N3O5/c1-16(17-6-8-18(9-7-17)24(30)34-5)26(2)21-13-27-15-28-23(21)29(25(26)31)14-19-10-11-20(32-3)12-22(19)33-4/h6-13,15-16H,14H2,1-5H3/t16-,26-/m1/s1. The van der Waals surface area contributed by atoms with Crippen molar-refractivity contribution in [3.05, 3.63) is 77.2 Å². The predicted molar refractivity (Wildman–Crippen MR) is 126 cm³/mol. The van der Waals surface area contributed by atoms with Gasteiger partial charge in [0, 0.05) is 23.4 Å². The normalized spacial score (nSPS) is 17.8. The Morgan fingerprint density at radius 2 is 1.82 bits per heavy atom. The largest absolute Gasteiger partial charge is 0.497 e. The molecule has 0 saturated heterocycles. The molecule has 0 radical (unpaired) electrons. The van der Waals surface area contributed by atoms with Crippen LogP contribution in [-0.4, -0.2) is 43.2 Å². The summed E-state index contributed by atoms with van der Waals surface area (Å²) in [6.07, 6.45) is 3.16. The van der Waals surface area contributed by atoms with E-state index in [0.717, 1.165) is 16.7 Å². The van der Waals surface area contributed by atoms with E-state index in [0.29, 0.717) is 29.4 Å². The van der Waals surface area contributed by atoms with Gasteiger partial charge in [0.15, 0.2) is 0 Å². The molecule has 2 heterocycles. The van der Waals surface area contributed by atoms with Gasteiger partial charge in [-0.2, -0.15) is 0 Å². The fraction of sp³-hybridized carbons (Fsp3) is 0.308. The number of amides is 1. The number of aromatic nitrogens is 2. The Bertz CT molecular complexity index is 1230. The van der Waals surface area contributed by atoms with Crippen molar-refractivity contribution >= 4 is 17.7 Å². The molecule has 0 saturated carbocycles. The third kappa shape index (κ3) is 3.75. The van der Waals surface area contributed by atoms with E-state index in [-0.39, 0.29) is 11.8 Å². The molecule has 1 aliphatic heterocycles. The van der Waals surface area contributed by atoms with E-state index in [1.165, 1.54) is 13.4 Å². The van der Waals surface area contributed by atoms with Crippen molar-refractivity contribution in [2.24, 2.45) is 0 Å². The van der Waals surface area contributed by atoms with Crippen LogP contribution in [0.2, 0.25) is 0 Å². The second kappa shape index (κ2) is 9.13. The molecule has 1 amide bonds. The first-order valence-electron chi connectivity index (χ1n) is 10.9. The van der Waals surface area contributed by atoms with Crippen molar-refractivity contribution in [3.8, 4) is 11.5 Å². The predicted octanol–water partition coefficient (Wildman–Crippen LogP) is 3.89. The highest BCUT2D eigenvalue weighted by Crippen LogP contribution is 2.49. The minimum absolute atomic E-state index is 0.0783. The number of anilines is 1. The van der Waals surface area contributed by atoms with Gasteiger partial charge in [0.1, 0.15) is 23.6 Å². The SMILES string of the molecule is COC(=O)c1ccc([C@@H](C)[C@@]2(C)C(=O)N(Cc3ccc(OC)cc3OC)c3ncncc32)cc1. The average molecular weight is 462 g/mol. The molecule has 3 aromatic rings. The molecule has 8 nitrogen and oxygen atoms in total. The molecular weight excluding hydrogens is 434 g/mol. The lowest BCUT2D eigenvalue weighted by atomic mass is 9.71. The summed E-state index contributed by atoms with van der Waals surface area (Å²) in [6.45, 7) is 4.21. The van der Waals surface area contributed by atoms with Gasteiger partial charge in [-0.25, -0.2) is 14.8 Å². The molecule has 0 unspecified atom stereocenters. The van der Waals surface area contributed by atoms with E-state index in [1.54, 1.807) is 43.5 Å². The smallest absolute Gasteiger partial charge is 0.337 e. The van der Waals surface area contributed by atoms with Crippen molar-refractivity contribution in [1.82, 2.24) is 9.97 Å². The minimum Gasteiger partial charge on any atom is -0.497 e. The molecule has 176 valence electrons. The zero-order chi connectivity index (χ0) is 24.5. The van der Waals surface area contributed by atoms with Crippen molar-refractivity contribution in [1.29, 1.82) is 0 Å². The van der Waals surface area contributed by atoms with Crippen LogP contribution in [0.3, 0.4) is 0 Å². The van der Waals surface area contributed by atoms with Gasteiger partial charge >= 0.3 is 5.97 Å². The molecular formula is C26H27N3O5. The molecule has 0 N–H and O–H groups in total. The summed E-state index contributed by atoms with van der Waals surface area (Å²) in [6, 6.07) is 12.6. The topological polar surface area (TPSA) is 90.9 Å². The molecule has 0 fully saturated rings. The van der Waals surface area contributed by atoms with Gasteiger partial charge in [-0.1, -0.05) is 19.1 Å². The van der Waals surface area contributed by atoms with Gasteiger partial charge in [0.05, 0.1) is 38.9 Å². The zero-order valence-electron chi connectivity index (χ0n) is 19.9. The molecule has 1 aromatic heterocycles. The number of rotatable bonds is 7. The number of methoxy groups -OCH3 is 3. The lowest BCUT2D eigenvalue weighted by Gasteiger charge is -2.31. The summed E-state index contributed by atoms with van der Waals surface area (Å²) in [4.78, 5) is 36.1. The van der Waals surface area contributed by atoms with Crippen LogP contribution in [0.5, 0.6) is 11.5 Å². The molecule has 2 atom stereocenters. The van der Waals surface area contributed by atoms with Crippen LogP contribution in [0.15, 0.2) is 55.0 Å². The van der Waals surface area contributed by atoms with Gasteiger partial charge < -0.3 is 14.2 Å². The maximum Gasteiger partial charge on any atom is 0.337 e. The minimum atomic E-state index is -0.900. The first kappa shape index (κ1) is 23.2. The van der Waals surface area contributed by atoms with Gasteiger partial charge in [0.25, 0.3) is 0 Å². The Balaban J connectivity index is 1.71. The maximum absolute atomic E-state index is 14.0. The van der Waals surface area contributed by atoms with Crippen molar-refractivity contribution in [3.63, 3.8) is 0 Å². The number of carbonyl (C=O) groups is 2. The van der Waals surface area contributed by atoms with Crippen molar-refractivity contribution in [2.75, 3.05) is 26.2 Å². The zero-order valence-corrected chi connectivity index (χ0v) is 19.9.